The Labute approximate surface area is 102 Å². The Hall–Kier alpha value is -1.42. The third kappa shape index (κ3) is 4.15. The first-order valence-corrected chi connectivity index (χ1v) is 5.89. The van der Waals surface area contributed by atoms with Crippen molar-refractivity contribution >= 4 is 11.6 Å². The van der Waals surface area contributed by atoms with Gasteiger partial charge in [0.1, 0.15) is 11.9 Å². The van der Waals surface area contributed by atoms with Crippen LogP contribution in [0, 0.1) is 5.92 Å². The molecule has 0 spiro atoms. The van der Waals surface area contributed by atoms with Crippen LogP contribution in [0.2, 0.25) is 0 Å². The van der Waals surface area contributed by atoms with Crippen molar-refractivity contribution in [2.45, 2.75) is 33.3 Å². The maximum absolute atomic E-state index is 12.1. The van der Waals surface area contributed by atoms with Gasteiger partial charge >= 0.3 is 0 Å². The van der Waals surface area contributed by atoms with E-state index >= 15 is 0 Å². The van der Waals surface area contributed by atoms with Crippen LogP contribution in [0.1, 0.15) is 26.3 Å². The standard InChI is InChI=1S/C13H20N2O2/c1-4-17-13(9(2)3)11(16)7-10-5-6-15-12(14)8-10/h5-6,8-9,13H,4,7H2,1-3H3,(H2,14,15). The Balaban J connectivity index is 2.69. The number of pyridine rings is 1. The van der Waals surface area contributed by atoms with Crippen LogP contribution in [0.25, 0.3) is 0 Å². The van der Waals surface area contributed by atoms with Gasteiger partial charge in [-0.15, -0.1) is 0 Å². The molecule has 0 amide bonds. The Morgan fingerprint density at radius 1 is 1.53 bits per heavy atom. The zero-order chi connectivity index (χ0) is 12.8. The van der Waals surface area contributed by atoms with E-state index in [0.29, 0.717) is 18.8 Å². The summed E-state index contributed by atoms with van der Waals surface area (Å²) in [7, 11) is 0. The zero-order valence-electron chi connectivity index (χ0n) is 10.6. The van der Waals surface area contributed by atoms with Gasteiger partial charge < -0.3 is 10.5 Å². The van der Waals surface area contributed by atoms with Crippen molar-refractivity contribution in [1.82, 2.24) is 4.98 Å². The van der Waals surface area contributed by atoms with Crippen molar-refractivity contribution in [2.75, 3.05) is 12.3 Å². The molecule has 4 heteroatoms. The number of hydrogen-bond donors (Lipinski definition) is 1. The van der Waals surface area contributed by atoms with Gasteiger partial charge in [-0.05, 0) is 30.5 Å². The van der Waals surface area contributed by atoms with Crippen LogP contribution in [0.5, 0.6) is 0 Å². The number of Topliss-reactive ketones (excluding diaryl/α,β-unsaturated/α-hetero) is 1. The van der Waals surface area contributed by atoms with E-state index in [9.17, 15) is 4.79 Å². The molecule has 1 heterocycles. The minimum atomic E-state index is -0.339. The van der Waals surface area contributed by atoms with E-state index in [1.165, 1.54) is 0 Å². The van der Waals surface area contributed by atoms with Gasteiger partial charge in [0.05, 0.1) is 0 Å². The van der Waals surface area contributed by atoms with Crippen molar-refractivity contribution < 1.29 is 9.53 Å². The third-order valence-electron chi connectivity index (χ3n) is 2.49. The molecule has 0 saturated carbocycles. The lowest BCUT2D eigenvalue weighted by Crippen LogP contribution is -2.31. The van der Waals surface area contributed by atoms with Crippen LogP contribution in [0.4, 0.5) is 5.82 Å². The second-order valence-corrected chi connectivity index (χ2v) is 4.35. The summed E-state index contributed by atoms with van der Waals surface area (Å²) in [5, 5.41) is 0. The molecule has 0 bridgehead atoms. The first kappa shape index (κ1) is 13.6. The number of carbonyl (C=O) groups is 1. The smallest absolute Gasteiger partial charge is 0.166 e. The molecule has 1 rings (SSSR count). The quantitative estimate of drug-likeness (QED) is 0.818. The SMILES string of the molecule is CCOC(C(=O)Cc1ccnc(N)c1)C(C)C. The first-order chi connectivity index (χ1) is 8.04. The third-order valence-corrected chi connectivity index (χ3v) is 2.49. The molecule has 1 aromatic rings. The minimum Gasteiger partial charge on any atom is -0.384 e. The van der Waals surface area contributed by atoms with E-state index < -0.39 is 0 Å². The van der Waals surface area contributed by atoms with E-state index in [0.717, 1.165) is 5.56 Å². The van der Waals surface area contributed by atoms with Crippen LogP contribution < -0.4 is 5.73 Å². The fourth-order valence-corrected chi connectivity index (χ4v) is 1.74. The van der Waals surface area contributed by atoms with Gasteiger partial charge in [0.15, 0.2) is 5.78 Å². The molecule has 1 aromatic heterocycles. The lowest BCUT2D eigenvalue weighted by molar-refractivity contribution is -0.132. The first-order valence-electron chi connectivity index (χ1n) is 5.89. The number of ketones is 1. The molecular weight excluding hydrogens is 216 g/mol. The molecule has 0 fully saturated rings. The van der Waals surface area contributed by atoms with Gasteiger partial charge in [0.25, 0.3) is 0 Å². The molecule has 17 heavy (non-hydrogen) atoms. The van der Waals surface area contributed by atoms with Crippen LogP contribution in [-0.2, 0) is 16.0 Å². The Morgan fingerprint density at radius 2 is 2.24 bits per heavy atom. The highest BCUT2D eigenvalue weighted by atomic mass is 16.5. The van der Waals surface area contributed by atoms with Gasteiger partial charge in [0.2, 0.25) is 0 Å². The fourth-order valence-electron chi connectivity index (χ4n) is 1.74. The van der Waals surface area contributed by atoms with Crippen LogP contribution in [-0.4, -0.2) is 23.5 Å². The number of ether oxygens (including phenoxy) is 1. The largest absolute Gasteiger partial charge is 0.384 e. The lowest BCUT2D eigenvalue weighted by atomic mass is 9.98. The van der Waals surface area contributed by atoms with E-state index in [2.05, 4.69) is 4.98 Å². The van der Waals surface area contributed by atoms with Crippen molar-refractivity contribution in [3.63, 3.8) is 0 Å². The van der Waals surface area contributed by atoms with Crippen molar-refractivity contribution in [3.8, 4) is 0 Å². The number of carbonyl (C=O) groups excluding carboxylic acids is 1. The minimum absolute atomic E-state index is 0.0902. The molecule has 0 radical (unpaired) electrons. The highest BCUT2D eigenvalue weighted by Crippen LogP contribution is 2.12. The number of nitrogens with zero attached hydrogens (tertiary/aromatic N) is 1. The molecule has 0 aliphatic rings. The summed E-state index contributed by atoms with van der Waals surface area (Å²) >= 11 is 0. The van der Waals surface area contributed by atoms with E-state index in [1.54, 1.807) is 18.3 Å². The number of nitrogens with two attached hydrogens (primary N) is 1. The van der Waals surface area contributed by atoms with Gasteiger partial charge in [-0.2, -0.15) is 0 Å². The summed E-state index contributed by atoms with van der Waals surface area (Å²) in [5.41, 5.74) is 6.46. The average molecular weight is 236 g/mol. The highest BCUT2D eigenvalue weighted by Gasteiger charge is 2.22. The highest BCUT2D eigenvalue weighted by molar-refractivity contribution is 5.85. The molecule has 0 aliphatic heterocycles. The maximum Gasteiger partial charge on any atom is 0.166 e. The second-order valence-electron chi connectivity index (χ2n) is 4.35. The van der Waals surface area contributed by atoms with Gasteiger partial charge in [-0.25, -0.2) is 4.98 Å². The molecule has 0 saturated heterocycles. The summed E-state index contributed by atoms with van der Waals surface area (Å²) in [6, 6.07) is 3.53. The summed E-state index contributed by atoms with van der Waals surface area (Å²) in [6.07, 6.45) is 1.62. The monoisotopic (exact) mass is 236 g/mol. The number of aromatic nitrogens is 1. The number of nitrogen functional groups attached to an aromatic ring is 1. The zero-order valence-corrected chi connectivity index (χ0v) is 10.6. The topological polar surface area (TPSA) is 65.2 Å². The number of rotatable bonds is 6. The van der Waals surface area contributed by atoms with Crippen molar-refractivity contribution in [3.05, 3.63) is 23.9 Å². The summed E-state index contributed by atoms with van der Waals surface area (Å²) in [6.45, 7) is 6.42. The van der Waals surface area contributed by atoms with Crippen molar-refractivity contribution in [2.24, 2.45) is 5.92 Å². The molecule has 94 valence electrons. The normalized spacial score (nSPS) is 12.7. The average Bonchev–Trinajstić information content (AvgIpc) is 2.25. The predicted molar refractivity (Wildman–Crippen MR) is 67.6 cm³/mol. The number of hydrogen-bond acceptors (Lipinski definition) is 4. The Bertz CT molecular complexity index is 377. The summed E-state index contributed by atoms with van der Waals surface area (Å²) < 4.78 is 5.47. The predicted octanol–water partition coefficient (Wildman–Crippen LogP) is 1.84. The van der Waals surface area contributed by atoms with Crippen LogP contribution in [0.3, 0.4) is 0 Å². The van der Waals surface area contributed by atoms with Gasteiger partial charge in [-0.1, -0.05) is 13.8 Å². The van der Waals surface area contributed by atoms with Gasteiger partial charge in [-0.3, -0.25) is 4.79 Å². The molecule has 1 unspecified atom stereocenters. The Kier molecular flexibility index (Phi) is 5.10. The van der Waals surface area contributed by atoms with E-state index in [4.69, 9.17) is 10.5 Å². The molecule has 4 nitrogen and oxygen atoms in total. The molecule has 0 aliphatic carbocycles. The van der Waals surface area contributed by atoms with Gasteiger partial charge in [0, 0.05) is 19.2 Å². The lowest BCUT2D eigenvalue weighted by Gasteiger charge is -2.19. The molecule has 2 N–H and O–H groups in total. The summed E-state index contributed by atoms with van der Waals surface area (Å²) in [5.74, 6) is 0.710. The maximum atomic E-state index is 12.1. The van der Waals surface area contributed by atoms with E-state index in [-0.39, 0.29) is 17.8 Å². The molecular formula is C13H20N2O2. The summed E-state index contributed by atoms with van der Waals surface area (Å²) in [4.78, 5) is 16.0. The molecule has 1 atom stereocenters. The Morgan fingerprint density at radius 3 is 2.76 bits per heavy atom. The molecule has 0 aromatic carbocycles. The van der Waals surface area contributed by atoms with E-state index in [1.807, 2.05) is 20.8 Å². The second kappa shape index (κ2) is 6.35. The fraction of sp³-hybridized carbons (Fsp3) is 0.538. The van der Waals surface area contributed by atoms with Crippen LogP contribution >= 0.6 is 0 Å². The van der Waals surface area contributed by atoms with Crippen LogP contribution in [0.15, 0.2) is 18.3 Å². The van der Waals surface area contributed by atoms with Crippen molar-refractivity contribution in [1.29, 1.82) is 0 Å². The number of anilines is 1.